The highest BCUT2D eigenvalue weighted by atomic mass is 35.5. The Kier molecular flexibility index (Phi) is 7.82. The van der Waals surface area contributed by atoms with Crippen LogP contribution in [-0.4, -0.2) is 32.7 Å². The molecule has 2 rings (SSSR count). The van der Waals surface area contributed by atoms with Gasteiger partial charge in [-0.3, -0.25) is 0 Å². The molecule has 2 N–H and O–H groups in total. The Labute approximate surface area is 138 Å². The van der Waals surface area contributed by atoms with Crippen molar-refractivity contribution in [2.45, 2.75) is 63.3 Å². The Morgan fingerprint density at radius 2 is 1.77 bits per heavy atom. The number of halogens is 1. The van der Waals surface area contributed by atoms with Gasteiger partial charge in [0, 0.05) is 19.1 Å². The first-order valence-electron chi connectivity index (χ1n) is 7.66. The number of aryl methyl sites for hydroxylation is 2. The van der Waals surface area contributed by atoms with Gasteiger partial charge in [-0.25, -0.2) is 13.1 Å². The van der Waals surface area contributed by atoms with Crippen molar-refractivity contribution in [1.82, 2.24) is 15.2 Å². The van der Waals surface area contributed by atoms with Crippen LogP contribution in [0.3, 0.4) is 0 Å². The third-order valence-corrected chi connectivity index (χ3v) is 5.65. The van der Waals surface area contributed by atoms with Crippen LogP contribution in [-0.2, 0) is 10.0 Å². The van der Waals surface area contributed by atoms with Crippen molar-refractivity contribution in [1.29, 1.82) is 0 Å². The molecule has 0 saturated heterocycles. The first-order valence-corrected chi connectivity index (χ1v) is 9.15. The van der Waals surface area contributed by atoms with Crippen LogP contribution >= 0.6 is 12.4 Å². The number of hydrogen-bond acceptors (Lipinski definition) is 5. The van der Waals surface area contributed by atoms with Gasteiger partial charge < -0.3 is 9.84 Å². The third kappa shape index (κ3) is 5.22. The summed E-state index contributed by atoms with van der Waals surface area (Å²) in [4.78, 5) is 0.164. The lowest BCUT2D eigenvalue weighted by molar-refractivity contribution is 0.390. The molecule has 1 aliphatic rings. The van der Waals surface area contributed by atoms with Crippen LogP contribution in [0.1, 0.15) is 50.0 Å². The van der Waals surface area contributed by atoms with Gasteiger partial charge in [-0.05, 0) is 26.7 Å². The Morgan fingerprint density at radius 1 is 1.14 bits per heavy atom. The zero-order valence-corrected chi connectivity index (χ0v) is 14.9. The number of rotatable bonds is 6. The Balaban J connectivity index is 0.00000242. The largest absolute Gasteiger partial charge is 0.360 e. The maximum atomic E-state index is 12.2. The van der Waals surface area contributed by atoms with Crippen molar-refractivity contribution in [3.63, 3.8) is 0 Å². The molecule has 0 bridgehead atoms. The molecule has 0 amide bonds. The summed E-state index contributed by atoms with van der Waals surface area (Å²) in [5.74, 6) is 0.330. The van der Waals surface area contributed by atoms with E-state index in [1.54, 1.807) is 13.8 Å². The van der Waals surface area contributed by atoms with Crippen molar-refractivity contribution in [3.05, 3.63) is 11.5 Å². The minimum Gasteiger partial charge on any atom is -0.360 e. The lowest BCUT2D eigenvalue weighted by atomic mass is 10.1. The predicted octanol–water partition coefficient (Wildman–Crippen LogP) is 2.30. The Bertz CT molecular complexity index is 532. The molecule has 0 aromatic carbocycles. The van der Waals surface area contributed by atoms with Gasteiger partial charge in [0.15, 0.2) is 5.76 Å². The zero-order valence-electron chi connectivity index (χ0n) is 13.2. The van der Waals surface area contributed by atoms with Crippen molar-refractivity contribution in [2.24, 2.45) is 0 Å². The highest BCUT2D eigenvalue weighted by Gasteiger charge is 2.23. The molecule has 1 aliphatic carbocycles. The summed E-state index contributed by atoms with van der Waals surface area (Å²) in [5.41, 5.74) is 0.400. The Hall–Kier alpha value is -0.630. The highest BCUT2D eigenvalue weighted by molar-refractivity contribution is 7.89. The fourth-order valence-electron chi connectivity index (χ4n) is 2.88. The summed E-state index contributed by atoms with van der Waals surface area (Å²) in [6.45, 7) is 4.27. The lowest BCUT2D eigenvalue weighted by Gasteiger charge is -2.16. The van der Waals surface area contributed by atoms with Crippen LogP contribution in [0.2, 0.25) is 0 Å². The SMILES string of the molecule is Cc1noc(C)c1S(=O)(=O)NCCNC1CCCCCC1.Cl. The lowest BCUT2D eigenvalue weighted by Crippen LogP contribution is -2.37. The molecule has 1 heterocycles. The summed E-state index contributed by atoms with van der Waals surface area (Å²) in [5, 5.41) is 7.13. The molecule has 8 heteroatoms. The van der Waals surface area contributed by atoms with Gasteiger partial charge >= 0.3 is 0 Å². The fourth-order valence-corrected chi connectivity index (χ4v) is 4.23. The topological polar surface area (TPSA) is 84.2 Å². The first kappa shape index (κ1) is 19.4. The average molecular weight is 352 g/mol. The number of aromatic nitrogens is 1. The van der Waals surface area contributed by atoms with E-state index in [2.05, 4.69) is 15.2 Å². The standard InChI is InChI=1S/C14H25N3O3S.ClH/c1-11-14(12(2)20-17-11)21(18,19)16-10-9-15-13-7-5-3-4-6-8-13;/h13,15-16H,3-10H2,1-2H3;1H. The van der Waals surface area contributed by atoms with Crippen molar-refractivity contribution >= 4 is 22.4 Å². The number of sulfonamides is 1. The molecule has 1 aromatic heterocycles. The second-order valence-corrected chi connectivity index (χ2v) is 7.40. The number of hydrogen-bond donors (Lipinski definition) is 2. The molecule has 1 aromatic rings. The molecule has 0 unspecified atom stereocenters. The summed E-state index contributed by atoms with van der Waals surface area (Å²) < 4.78 is 31.9. The Morgan fingerprint density at radius 3 is 2.32 bits per heavy atom. The second kappa shape index (κ2) is 8.86. The fraction of sp³-hybridized carbons (Fsp3) is 0.786. The van der Waals surface area contributed by atoms with Crippen LogP contribution in [0.4, 0.5) is 0 Å². The summed E-state index contributed by atoms with van der Waals surface area (Å²) in [7, 11) is -3.53. The molecule has 128 valence electrons. The van der Waals surface area contributed by atoms with Gasteiger partial charge in [-0.15, -0.1) is 12.4 Å². The monoisotopic (exact) mass is 351 g/mol. The second-order valence-electron chi connectivity index (χ2n) is 5.69. The van der Waals surface area contributed by atoms with Crippen LogP contribution in [0, 0.1) is 13.8 Å². The van der Waals surface area contributed by atoms with Gasteiger partial charge in [0.1, 0.15) is 10.6 Å². The van der Waals surface area contributed by atoms with E-state index < -0.39 is 10.0 Å². The number of nitrogens with zero attached hydrogens (tertiary/aromatic N) is 1. The summed E-state index contributed by atoms with van der Waals surface area (Å²) in [6.07, 6.45) is 7.55. The highest BCUT2D eigenvalue weighted by Crippen LogP contribution is 2.18. The normalized spacial score (nSPS) is 17.0. The van der Waals surface area contributed by atoms with E-state index in [1.807, 2.05) is 0 Å². The molecule has 1 fully saturated rings. The molecule has 1 saturated carbocycles. The van der Waals surface area contributed by atoms with Crippen LogP contribution < -0.4 is 10.0 Å². The molecule has 0 atom stereocenters. The van der Waals surface area contributed by atoms with Gasteiger partial charge in [-0.1, -0.05) is 30.8 Å². The molecular formula is C14H26ClN3O3S. The summed E-state index contributed by atoms with van der Waals surface area (Å²) in [6, 6.07) is 0.524. The molecule has 0 aliphatic heterocycles. The van der Waals surface area contributed by atoms with E-state index in [0.29, 0.717) is 30.6 Å². The van der Waals surface area contributed by atoms with E-state index in [-0.39, 0.29) is 17.3 Å². The van der Waals surface area contributed by atoms with Crippen molar-refractivity contribution in [3.8, 4) is 0 Å². The maximum absolute atomic E-state index is 12.2. The predicted molar refractivity (Wildman–Crippen MR) is 87.9 cm³/mol. The molecule has 0 radical (unpaired) electrons. The van der Waals surface area contributed by atoms with Crippen molar-refractivity contribution < 1.29 is 12.9 Å². The van der Waals surface area contributed by atoms with E-state index in [4.69, 9.17) is 4.52 Å². The average Bonchev–Trinajstić information content (AvgIpc) is 2.66. The van der Waals surface area contributed by atoms with E-state index >= 15 is 0 Å². The smallest absolute Gasteiger partial charge is 0.246 e. The molecular weight excluding hydrogens is 326 g/mol. The van der Waals surface area contributed by atoms with E-state index in [9.17, 15) is 8.42 Å². The molecule has 22 heavy (non-hydrogen) atoms. The van der Waals surface area contributed by atoms with Crippen LogP contribution in [0.5, 0.6) is 0 Å². The minimum absolute atomic E-state index is 0. The van der Waals surface area contributed by atoms with Gasteiger partial charge in [0.2, 0.25) is 10.0 Å². The zero-order chi connectivity index (χ0) is 15.3. The first-order chi connectivity index (χ1) is 10.0. The van der Waals surface area contributed by atoms with Crippen LogP contribution in [0.15, 0.2) is 9.42 Å². The summed E-state index contributed by atoms with van der Waals surface area (Å²) >= 11 is 0. The van der Waals surface area contributed by atoms with E-state index in [0.717, 1.165) is 0 Å². The minimum atomic E-state index is -3.53. The third-order valence-electron chi connectivity index (χ3n) is 3.94. The number of nitrogens with one attached hydrogen (secondary N) is 2. The maximum Gasteiger partial charge on any atom is 0.246 e. The molecule has 6 nitrogen and oxygen atoms in total. The van der Waals surface area contributed by atoms with Crippen molar-refractivity contribution in [2.75, 3.05) is 13.1 Å². The van der Waals surface area contributed by atoms with Gasteiger partial charge in [0.25, 0.3) is 0 Å². The van der Waals surface area contributed by atoms with E-state index in [1.165, 1.54) is 38.5 Å². The van der Waals surface area contributed by atoms with Gasteiger partial charge in [0.05, 0.1) is 0 Å². The molecule has 0 spiro atoms. The van der Waals surface area contributed by atoms with Gasteiger partial charge in [-0.2, -0.15) is 0 Å². The van der Waals surface area contributed by atoms with Crippen LogP contribution in [0.25, 0.3) is 0 Å². The quantitative estimate of drug-likeness (QED) is 0.607.